The molecule has 1 unspecified atom stereocenters. The maximum absolute atomic E-state index is 14.2. The van der Waals surface area contributed by atoms with Gasteiger partial charge in [0.05, 0.1) is 10.6 Å². The molecule has 10 heteroatoms. The summed E-state index contributed by atoms with van der Waals surface area (Å²) in [6.45, 7) is 9.51. The molecule has 0 saturated heterocycles. The summed E-state index contributed by atoms with van der Waals surface area (Å²) in [4.78, 5) is 29.0. The van der Waals surface area contributed by atoms with E-state index in [4.69, 9.17) is 23.2 Å². The van der Waals surface area contributed by atoms with Crippen LogP contribution in [-0.2, 0) is 26.2 Å². The first-order chi connectivity index (χ1) is 19.9. The number of halogens is 2. The fourth-order valence-electron chi connectivity index (χ4n) is 4.51. The second-order valence-corrected chi connectivity index (χ2v) is 13.1. The fraction of sp³-hybridized carbons (Fsp3) is 0.375. The van der Waals surface area contributed by atoms with Gasteiger partial charge in [-0.15, -0.1) is 0 Å². The van der Waals surface area contributed by atoms with Crippen molar-refractivity contribution in [3.8, 4) is 0 Å². The van der Waals surface area contributed by atoms with E-state index in [0.29, 0.717) is 34.3 Å². The summed E-state index contributed by atoms with van der Waals surface area (Å²) in [6.07, 6.45) is 2.03. The molecule has 2 amide bonds. The first kappa shape index (κ1) is 33.4. The van der Waals surface area contributed by atoms with Crippen LogP contribution in [0, 0.1) is 20.8 Å². The summed E-state index contributed by atoms with van der Waals surface area (Å²) in [7, 11) is -4.14. The summed E-state index contributed by atoms with van der Waals surface area (Å²) in [6, 6.07) is 15.9. The lowest BCUT2D eigenvalue weighted by Crippen LogP contribution is -2.52. The van der Waals surface area contributed by atoms with Crippen molar-refractivity contribution in [2.24, 2.45) is 0 Å². The van der Waals surface area contributed by atoms with Crippen molar-refractivity contribution in [3.63, 3.8) is 0 Å². The maximum Gasteiger partial charge on any atom is 0.264 e. The molecule has 0 radical (unpaired) electrons. The molecule has 0 aliphatic rings. The van der Waals surface area contributed by atoms with E-state index in [1.54, 1.807) is 42.5 Å². The van der Waals surface area contributed by atoms with E-state index in [-0.39, 0.29) is 17.3 Å². The highest BCUT2D eigenvalue weighted by atomic mass is 35.5. The Morgan fingerprint density at radius 3 is 2.19 bits per heavy atom. The first-order valence-corrected chi connectivity index (χ1v) is 16.3. The number of nitrogens with one attached hydrogen (secondary N) is 1. The summed E-state index contributed by atoms with van der Waals surface area (Å²) in [5.41, 5.74) is 3.74. The Kier molecular flexibility index (Phi) is 11.9. The van der Waals surface area contributed by atoms with Gasteiger partial charge in [0.1, 0.15) is 12.6 Å². The predicted octanol–water partition coefficient (Wildman–Crippen LogP) is 6.84. The third kappa shape index (κ3) is 8.27. The molecule has 0 bridgehead atoms. The number of aryl methyl sites for hydroxylation is 3. The first-order valence-electron chi connectivity index (χ1n) is 14.1. The zero-order valence-electron chi connectivity index (χ0n) is 24.8. The van der Waals surface area contributed by atoms with Crippen LogP contribution in [0.3, 0.4) is 0 Å². The summed E-state index contributed by atoms with van der Waals surface area (Å²) >= 11 is 12.6. The number of hydrogen-bond donors (Lipinski definition) is 1. The molecule has 0 spiro atoms. The number of hydrogen-bond acceptors (Lipinski definition) is 4. The average molecular weight is 633 g/mol. The van der Waals surface area contributed by atoms with Crippen molar-refractivity contribution in [2.45, 2.75) is 71.4 Å². The molecule has 0 aliphatic heterocycles. The molecule has 7 nitrogen and oxygen atoms in total. The number of nitrogens with zero attached hydrogens (tertiary/aromatic N) is 2. The van der Waals surface area contributed by atoms with Crippen molar-refractivity contribution in [1.82, 2.24) is 10.2 Å². The number of anilines is 1. The minimum atomic E-state index is -4.14. The average Bonchev–Trinajstić information content (AvgIpc) is 2.94. The number of carbonyl (C=O) groups is 2. The van der Waals surface area contributed by atoms with E-state index in [2.05, 4.69) is 5.32 Å². The Hall–Kier alpha value is -3.07. The number of unbranched alkanes of at least 4 members (excludes halogenated alkanes) is 1. The summed E-state index contributed by atoms with van der Waals surface area (Å²) in [5, 5.41) is 3.71. The topological polar surface area (TPSA) is 86.8 Å². The second-order valence-electron chi connectivity index (χ2n) is 10.4. The van der Waals surface area contributed by atoms with Crippen LogP contribution < -0.4 is 9.62 Å². The van der Waals surface area contributed by atoms with Crippen LogP contribution in [0.25, 0.3) is 0 Å². The van der Waals surface area contributed by atoms with Crippen LogP contribution in [0.1, 0.15) is 55.4 Å². The van der Waals surface area contributed by atoms with Crippen molar-refractivity contribution in [2.75, 3.05) is 17.4 Å². The van der Waals surface area contributed by atoms with Gasteiger partial charge in [0, 0.05) is 23.1 Å². The normalized spacial score (nSPS) is 12.1. The van der Waals surface area contributed by atoms with Gasteiger partial charge >= 0.3 is 0 Å². The van der Waals surface area contributed by atoms with Crippen LogP contribution in [0.5, 0.6) is 0 Å². The highest BCUT2D eigenvalue weighted by Crippen LogP contribution is 2.28. The molecular formula is C32H39Cl2N3O4S. The van der Waals surface area contributed by atoms with Gasteiger partial charge in [0.2, 0.25) is 11.8 Å². The lowest BCUT2D eigenvalue weighted by molar-refractivity contribution is -0.140. The highest BCUT2D eigenvalue weighted by molar-refractivity contribution is 7.92. The van der Waals surface area contributed by atoms with Crippen molar-refractivity contribution < 1.29 is 18.0 Å². The zero-order valence-corrected chi connectivity index (χ0v) is 27.1. The monoisotopic (exact) mass is 631 g/mol. The lowest BCUT2D eigenvalue weighted by atomic mass is 10.1. The highest BCUT2D eigenvalue weighted by Gasteiger charge is 2.34. The summed E-state index contributed by atoms with van der Waals surface area (Å²) in [5.74, 6) is -0.837. The minimum absolute atomic E-state index is 0.000114. The molecule has 3 aromatic rings. The Labute approximate surface area is 259 Å². The predicted molar refractivity (Wildman–Crippen MR) is 171 cm³/mol. The molecule has 42 heavy (non-hydrogen) atoms. The molecule has 3 rings (SSSR count). The number of carbonyl (C=O) groups excluding carboxylic acids is 2. The molecule has 0 saturated carbocycles. The van der Waals surface area contributed by atoms with Crippen molar-refractivity contribution in [1.29, 1.82) is 0 Å². The van der Waals surface area contributed by atoms with Crippen LogP contribution in [0.15, 0.2) is 65.6 Å². The maximum atomic E-state index is 14.2. The van der Waals surface area contributed by atoms with Gasteiger partial charge in [-0.2, -0.15) is 0 Å². The van der Waals surface area contributed by atoms with E-state index >= 15 is 0 Å². The molecule has 0 fully saturated rings. The van der Waals surface area contributed by atoms with E-state index in [1.165, 1.54) is 17.0 Å². The smallest absolute Gasteiger partial charge is 0.264 e. The molecule has 1 atom stereocenters. The SMILES string of the molecule is CCCCNC(=O)C(CC)N(Cc1ccc(Cl)cc1Cl)C(=O)CN(c1ccc(C)c(C)c1)S(=O)(=O)c1ccc(C)cc1. The molecule has 0 aliphatic carbocycles. The Morgan fingerprint density at radius 2 is 1.60 bits per heavy atom. The van der Waals surface area contributed by atoms with Crippen LogP contribution in [0.4, 0.5) is 5.69 Å². The molecule has 226 valence electrons. The van der Waals surface area contributed by atoms with Crippen LogP contribution in [-0.4, -0.2) is 44.3 Å². The molecule has 0 heterocycles. The number of amides is 2. The largest absolute Gasteiger partial charge is 0.354 e. The van der Waals surface area contributed by atoms with Gasteiger partial charge in [0.25, 0.3) is 10.0 Å². The molecule has 3 aromatic carbocycles. The Bertz CT molecular complexity index is 1510. The second kappa shape index (κ2) is 14.9. The lowest BCUT2D eigenvalue weighted by Gasteiger charge is -2.33. The van der Waals surface area contributed by atoms with Crippen LogP contribution in [0.2, 0.25) is 10.0 Å². The van der Waals surface area contributed by atoms with E-state index in [0.717, 1.165) is 33.8 Å². The Morgan fingerprint density at radius 1 is 0.905 bits per heavy atom. The Balaban J connectivity index is 2.08. The molecule has 0 aromatic heterocycles. The third-order valence-corrected chi connectivity index (χ3v) is 9.61. The number of rotatable bonds is 13. The van der Waals surface area contributed by atoms with Gasteiger partial charge in [-0.05, 0) is 86.7 Å². The van der Waals surface area contributed by atoms with Crippen molar-refractivity contribution >= 4 is 50.7 Å². The van der Waals surface area contributed by atoms with E-state index in [1.807, 2.05) is 40.7 Å². The summed E-state index contributed by atoms with van der Waals surface area (Å²) < 4.78 is 29.2. The van der Waals surface area contributed by atoms with Gasteiger partial charge < -0.3 is 10.2 Å². The van der Waals surface area contributed by atoms with Gasteiger partial charge in [-0.25, -0.2) is 8.42 Å². The minimum Gasteiger partial charge on any atom is -0.354 e. The quantitative estimate of drug-likeness (QED) is 0.209. The van der Waals surface area contributed by atoms with Crippen LogP contribution >= 0.6 is 23.2 Å². The standard InChI is InChI=1S/C32H39Cl2N3O4S/c1-6-8-17-35-32(39)30(7-2)36(20-25-12-13-26(33)19-29(25)34)31(38)21-37(27-14-11-23(4)24(5)18-27)42(40,41)28-15-9-22(3)10-16-28/h9-16,18-19,30H,6-8,17,20-21H2,1-5H3,(H,35,39). The zero-order chi connectivity index (χ0) is 31.0. The van der Waals surface area contributed by atoms with E-state index < -0.39 is 28.5 Å². The van der Waals surface area contributed by atoms with Crippen molar-refractivity contribution in [3.05, 3.63) is 93.0 Å². The number of benzene rings is 3. The van der Waals surface area contributed by atoms with Gasteiger partial charge in [0.15, 0.2) is 0 Å². The fourth-order valence-corrected chi connectivity index (χ4v) is 6.38. The third-order valence-electron chi connectivity index (χ3n) is 7.24. The molecule has 1 N–H and O–H groups in total. The van der Waals surface area contributed by atoms with Gasteiger partial charge in [-0.1, -0.05) is 73.3 Å². The molecular weight excluding hydrogens is 593 g/mol. The number of sulfonamides is 1. The van der Waals surface area contributed by atoms with E-state index in [9.17, 15) is 18.0 Å². The van der Waals surface area contributed by atoms with Gasteiger partial charge in [-0.3, -0.25) is 13.9 Å².